The molecule has 1 aliphatic heterocycles. The smallest absolute Gasteiger partial charge is 0.308 e. The topological polar surface area (TPSA) is 87.7 Å². The van der Waals surface area contributed by atoms with E-state index < -0.39 is 11.9 Å². The van der Waals surface area contributed by atoms with Crippen LogP contribution in [0, 0.1) is 0 Å². The molecule has 2 aromatic carbocycles. The molecule has 1 aliphatic rings. The van der Waals surface area contributed by atoms with Crippen molar-refractivity contribution in [3.63, 3.8) is 0 Å². The van der Waals surface area contributed by atoms with E-state index in [9.17, 15) is 14.4 Å². The van der Waals surface area contributed by atoms with Gasteiger partial charge in [-0.05, 0) is 43.3 Å². The summed E-state index contributed by atoms with van der Waals surface area (Å²) >= 11 is 6.33. The first-order valence-corrected chi connectivity index (χ1v) is 9.72. The fraction of sp³-hybridized carbons (Fsp3) is 0.286. The molecule has 1 heterocycles. The number of benzene rings is 2. The van der Waals surface area contributed by atoms with Gasteiger partial charge in [0.2, 0.25) is 0 Å². The molecule has 2 N–H and O–H groups in total. The van der Waals surface area contributed by atoms with Gasteiger partial charge in [-0.15, -0.1) is 0 Å². The number of ether oxygens (including phenoxy) is 1. The van der Waals surface area contributed by atoms with Crippen molar-refractivity contribution < 1.29 is 19.1 Å². The number of hydrogen-bond acceptors (Lipinski definition) is 5. The number of hydrogen-bond donors (Lipinski definition) is 2. The van der Waals surface area contributed by atoms with E-state index >= 15 is 0 Å². The van der Waals surface area contributed by atoms with Crippen LogP contribution < -0.4 is 15.4 Å². The number of esters is 1. The van der Waals surface area contributed by atoms with E-state index in [2.05, 4.69) is 10.6 Å². The van der Waals surface area contributed by atoms with Crippen LogP contribution in [0.15, 0.2) is 42.5 Å². The summed E-state index contributed by atoms with van der Waals surface area (Å²) in [5.74, 6) is -0.919. The van der Waals surface area contributed by atoms with E-state index in [0.717, 1.165) is 19.5 Å². The second-order valence-electron chi connectivity index (χ2n) is 6.63. The molecular weight excluding hydrogens is 394 g/mol. The standard InChI is InChI=1S/C21H22ClN3O4/c1-14(26)29-19-6-3-2-5-17(19)20(27)24-15-7-8-16(18(22)13-15)21(28)25-11-4-9-23-10-12-25/h2-3,5-8,13,23H,4,9-12H2,1H3,(H,24,27). The number of para-hydroxylation sites is 1. The molecule has 0 atom stereocenters. The molecule has 0 spiro atoms. The summed E-state index contributed by atoms with van der Waals surface area (Å²) in [6.07, 6.45) is 0.888. The molecule has 0 unspecified atom stereocenters. The summed E-state index contributed by atoms with van der Waals surface area (Å²) in [7, 11) is 0. The highest BCUT2D eigenvalue weighted by atomic mass is 35.5. The first kappa shape index (κ1) is 20.8. The van der Waals surface area contributed by atoms with Crippen LogP contribution in [0.5, 0.6) is 5.75 Å². The third-order valence-electron chi connectivity index (χ3n) is 4.47. The molecule has 1 fully saturated rings. The Morgan fingerprint density at radius 3 is 2.62 bits per heavy atom. The van der Waals surface area contributed by atoms with Crippen LogP contribution in [-0.4, -0.2) is 48.9 Å². The highest BCUT2D eigenvalue weighted by Gasteiger charge is 2.20. The number of carbonyl (C=O) groups excluding carboxylic acids is 3. The SMILES string of the molecule is CC(=O)Oc1ccccc1C(=O)Nc1ccc(C(=O)N2CCCNCC2)c(Cl)c1. The molecule has 0 aromatic heterocycles. The second-order valence-corrected chi connectivity index (χ2v) is 7.04. The average molecular weight is 416 g/mol. The van der Waals surface area contributed by atoms with Crippen LogP contribution in [0.2, 0.25) is 5.02 Å². The Morgan fingerprint density at radius 1 is 1.07 bits per heavy atom. The van der Waals surface area contributed by atoms with Gasteiger partial charge in [0.25, 0.3) is 11.8 Å². The van der Waals surface area contributed by atoms with Crippen LogP contribution in [-0.2, 0) is 4.79 Å². The molecule has 0 aliphatic carbocycles. The van der Waals surface area contributed by atoms with Crippen molar-refractivity contribution in [3.05, 3.63) is 58.6 Å². The average Bonchev–Trinajstić information content (AvgIpc) is 2.97. The van der Waals surface area contributed by atoms with Gasteiger partial charge in [-0.25, -0.2) is 0 Å². The van der Waals surface area contributed by atoms with Gasteiger partial charge in [0, 0.05) is 32.2 Å². The molecule has 152 valence electrons. The van der Waals surface area contributed by atoms with Gasteiger partial charge in [0.15, 0.2) is 0 Å². The molecule has 1 saturated heterocycles. The zero-order valence-electron chi connectivity index (χ0n) is 16.0. The lowest BCUT2D eigenvalue weighted by Crippen LogP contribution is -2.34. The molecule has 3 rings (SSSR count). The monoisotopic (exact) mass is 415 g/mol. The van der Waals surface area contributed by atoms with Crippen molar-refractivity contribution in [1.82, 2.24) is 10.2 Å². The molecule has 2 amide bonds. The van der Waals surface area contributed by atoms with Crippen LogP contribution in [0.3, 0.4) is 0 Å². The summed E-state index contributed by atoms with van der Waals surface area (Å²) in [5, 5.41) is 6.24. The Hall–Kier alpha value is -2.90. The quantitative estimate of drug-likeness (QED) is 0.592. The Kier molecular flexibility index (Phi) is 6.85. The van der Waals surface area contributed by atoms with E-state index in [1.807, 2.05) is 0 Å². The van der Waals surface area contributed by atoms with Crippen molar-refractivity contribution in [3.8, 4) is 5.75 Å². The maximum Gasteiger partial charge on any atom is 0.308 e. The van der Waals surface area contributed by atoms with Crippen molar-refractivity contribution in [1.29, 1.82) is 0 Å². The fourth-order valence-electron chi connectivity index (χ4n) is 3.08. The Balaban J connectivity index is 1.74. The van der Waals surface area contributed by atoms with Crippen LogP contribution in [0.25, 0.3) is 0 Å². The third kappa shape index (κ3) is 5.34. The number of rotatable bonds is 4. The summed E-state index contributed by atoms with van der Waals surface area (Å²) in [6.45, 7) is 4.20. The van der Waals surface area contributed by atoms with E-state index in [0.29, 0.717) is 24.3 Å². The van der Waals surface area contributed by atoms with E-state index in [4.69, 9.17) is 16.3 Å². The van der Waals surface area contributed by atoms with Crippen molar-refractivity contribution in [2.75, 3.05) is 31.5 Å². The molecular formula is C21H22ClN3O4. The van der Waals surface area contributed by atoms with Crippen LogP contribution in [0.4, 0.5) is 5.69 Å². The number of anilines is 1. The highest BCUT2D eigenvalue weighted by molar-refractivity contribution is 6.34. The van der Waals surface area contributed by atoms with Gasteiger partial charge in [-0.2, -0.15) is 0 Å². The Morgan fingerprint density at radius 2 is 1.86 bits per heavy atom. The predicted octanol–water partition coefficient (Wildman–Crippen LogP) is 2.95. The zero-order valence-corrected chi connectivity index (χ0v) is 16.8. The molecule has 7 nitrogen and oxygen atoms in total. The van der Waals surface area contributed by atoms with Crippen molar-refractivity contribution in [2.45, 2.75) is 13.3 Å². The van der Waals surface area contributed by atoms with Crippen LogP contribution in [0.1, 0.15) is 34.1 Å². The normalized spacial score (nSPS) is 14.1. The summed E-state index contributed by atoms with van der Waals surface area (Å²) in [5.41, 5.74) is 1.05. The van der Waals surface area contributed by atoms with E-state index in [1.54, 1.807) is 41.3 Å². The number of halogens is 1. The van der Waals surface area contributed by atoms with E-state index in [-0.39, 0.29) is 22.2 Å². The largest absolute Gasteiger partial charge is 0.426 e. The van der Waals surface area contributed by atoms with Gasteiger partial charge in [-0.3, -0.25) is 14.4 Å². The fourth-order valence-corrected chi connectivity index (χ4v) is 3.34. The number of amides is 2. The molecule has 0 saturated carbocycles. The maximum absolute atomic E-state index is 12.8. The minimum atomic E-state index is -0.514. The molecule has 0 radical (unpaired) electrons. The molecule has 29 heavy (non-hydrogen) atoms. The molecule has 0 bridgehead atoms. The maximum atomic E-state index is 12.8. The van der Waals surface area contributed by atoms with Gasteiger partial charge in [-0.1, -0.05) is 23.7 Å². The number of nitrogens with one attached hydrogen (secondary N) is 2. The van der Waals surface area contributed by atoms with Gasteiger partial charge < -0.3 is 20.3 Å². The van der Waals surface area contributed by atoms with E-state index in [1.165, 1.54) is 13.0 Å². The zero-order chi connectivity index (χ0) is 20.8. The first-order chi connectivity index (χ1) is 14.0. The lowest BCUT2D eigenvalue weighted by Gasteiger charge is -2.20. The Labute approximate surface area is 174 Å². The molecule has 2 aromatic rings. The van der Waals surface area contributed by atoms with Crippen molar-refractivity contribution in [2.24, 2.45) is 0 Å². The minimum Gasteiger partial charge on any atom is -0.426 e. The summed E-state index contributed by atoms with van der Waals surface area (Å²) < 4.78 is 5.07. The highest BCUT2D eigenvalue weighted by Crippen LogP contribution is 2.25. The minimum absolute atomic E-state index is 0.128. The van der Waals surface area contributed by atoms with Crippen LogP contribution >= 0.6 is 11.6 Å². The van der Waals surface area contributed by atoms with Gasteiger partial charge in [0.05, 0.1) is 16.1 Å². The summed E-state index contributed by atoms with van der Waals surface area (Å²) in [6, 6.07) is 11.2. The Bertz CT molecular complexity index is 924. The summed E-state index contributed by atoms with van der Waals surface area (Å²) in [4.78, 5) is 38.4. The van der Waals surface area contributed by atoms with Gasteiger partial charge >= 0.3 is 5.97 Å². The van der Waals surface area contributed by atoms with Crippen molar-refractivity contribution >= 4 is 35.1 Å². The third-order valence-corrected chi connectivity index (χ3v) is 4.78. The number of nitrogens with zero attached hydrogens (tertiary/aromatic N) is 1. The lowest BCUT2D eigenvalue weighted by molar-refractivity contribution is -0.131. The predicted molar refractivity (Wildman–Crippen MR) is 111 cm³/mol. The number of carbonyl (C=O) groups is 3. The first-order valence-electron chi connectivity index (χ1n) is 9.34. The van der Waals surface area contributed by atoms with Gasteiger partial charge in [0.1, 0.15) is 5.75 Å². The second kappa shape index (κ2) is 9.54. The lowest BCUT2D eigenvalue weighted by atomic mass is 10.1. The molecule has 8 heteroatoms.